The predicted octanol–water partition coefficient (Wildman–Crippen LogP) is 4.41. The van der Waals surface area contributed by atoms with Gasteiger partial charge in [0.15, 0.2) is 5.82 Å². The van der Waals surface area contributed by atoms with Crippen LogP contribution >= 0.6 is 11.6 Å². The van der Waals surface area contributed by atoms with Gasteiger partial charge in [0, 0.05) is 10.6 Å². The minimum absolute atomic E-state index is 0.0815. The Labute approximate surface area is 165 Å². The van der Waals surface area contributed by atoms with E-state index in [-0.39, 0.29) is 5.56 Å². The maximum Gasteiger partial charge on any atom is 0.263 e. The average Bonchev–Trinajstić information content (AvgIpc) is 3.17. The van der Waals surface area contributed by atoms with Gasteiger partial charge in [-0.15, -0.1) is 10.2 Å². The van der Waals surface area contributed by atoms with Gasteiger partial charge in [0.25, 0.3) is 5.56 Å². The molecule has 0 aliphatic heterocycles. The van der Waals surface area contributed by atoms with Crippen LogP contribution in [0.1, 0.15) is 5.56 Å². The van der Waals surface area contributed by atoms with Gasteiger partial charge in [-0.3, -0.25) is 13.8 Å². The van der Waals surface area contributed by atoms with Crippen LogP contribution in [0.5, 0.6) is 0 Å². The number of halogens is 1. The molecular weight excluding hydrogens is 372 g/mol. The maximum atomic E-state index is 13.2. The molecule has 0 saturated carbocycles. The Morgan fingerprint density at radius 3 is 2.32 bits per heavy atom. The third-order valence-electron chi connectivity index (χ3n) is 4.79. The zero-order chi connectivity index (χ0) is 19.1. The molecule has 0 amide bonds. The smallest absolute Gasteiger partial charge is 0.263 e. The molecule has 0 unspecified atom stereocenters. The van der Waals surface area contributed by atoms with Crippen molar-refractivity contribution in [2.24, 2.45) is 0 Å². The molecule has 0 N–H and O–H groups in total. The predicted molar refractivity (Wildman–Crippen MR) is 111 cm³/mol. The van der Waals surface area contributed by atoms with Crippen molar-refractivity contribution >= 4 is 28.3 Å². The molecule has 5 rings (SSSR count). The lowest BCUT2D eigenvalue weighted by Crippen LogP contribution is -2.24. The zero-order valence-electron chi connectivity index (χ0n) is 14.8. The summed E-state index contributed by atoms with van der Waals surface area (Å²) in [6, 6.07) is 24.8. The molecule has 0 bridgehead atoms. The fourth-order valence-corrected chi connectivity index (χ4v) is 3.58. The molecule has 136 valence electrons. The summed E-state index contributed by atoms with van der Waals surface area (Å²) < 4.78 is 3.60. The molecule has 2 aromatic heterocycles. The molecule has 5 nitrogen and oxygen atoms in total. The lowest BCUT2D eigenvalue weighted by Gasteiger charge is -2.11. The Morgan fingerprint density at radius 2 is 1.54 bits per heavy atom. The Bertz CT molecular complexity index is 1350. The van der Waals surface area contributed by atoms with Crippen molar-refractivity contribution in [1.29, 1.82) is 0 Å². The van der Waals surface area contributed by atoms with Crippen molar-refractivity contribution in [2.75, 3.05) is 0 Å². The number of nitrogens with zero attached hydrogens (tertiary/aromatic N) is 4. The first-order chi connectivity index (χ1) is 13.7. The SMILES string of the molecule is O=c1c2ccccc2n2c(-c3ccc(Cl)cc3)nnc2n1Cc1ccccc1. The summed E-state index contributed by atoms with van der Waals surface area (Å²) in [5, 5.41) is 10.0. The number of fused-ring (bicyclic) bond motifs is 3. The highest BCUT2D eigenvalue weighted by Gasteiger charge is 2.17. The molecule has 3 aromatic carbocycles. The summed E-state index contributed by atoms with van der Waals surface area (Å²) in [6.45, 7) is 0.423. The lowest BCUT2D eigenvalue weighted by atomic mass is 10.2. The van der Waals surface area contributed by atoms with Gasteiger partial charge in [0.2, 0.25) is 5.78 Å². The molecule has 0 atom stereocenters. The molecule has 28 heavy (non-hydrogen) atoms. The van der Waals surface area contributed by atoms with Gasteiger partial charge in [0.05, 0.1) is 17.4 Å². The quantitative estimate of drug-likeness (QED) is 0.461. The van der Waals surface area contributed by atoms with E-state index in [1.807, 2.05) is 83.3 Å². The number of benzene rings is 3. The molecule has 5 aromatic rings. The summed E-state index contributed by atoms with van der Waals surface area (Å²) in [5.74, 6) is 1.18. The number of hydrogen-bond donors (Lipinski definition) is 0. The first-order valence-corrected chi connectivity index (χ1v) is 9.27. The Morgan fingerprint density at radius 1 is 0.821 bits per heavy atom. The van der Waals surface area contributed by atoms with E-state index in [9.17, 15) is 4.79 Å². The summed E-state index contributed by atoms with van der Waals surface area (Å²) >= 11 is 6.03. The Kier molecular flexibility index (Phi) is 3.95. The van der Waals surface area contributed by atoms with Crippen molar-refractivity contribution < 1.29 is 0 Å². The Hall–Kier alpha value is -3.44. The summed E-state index contributed by atoms with van der Waals surface area (Å²) in [5.41, 5.74) is 2.61. The van der Waals surface area contributed by atoms with Gasteiger partial charge in [-0.1, -0.05) is 54.1 Å². The normalized spacial score (nSPS) is 11.3. The molecular formula is C22H15ClN4O. The number of hydrogen-bond acceptors (Lipinski definition) is 3. The van der Waals surface area contributed by atoms with Crippen LogP contribution < -0.4 is 5.56 Å². The molecule has 0 spiro atoms. The minimum Gasteiger partial charge on any atom is -0.272 e. The van der Waals surface area contributed by atoms with Crippen LogP contribution in [0.25, 0.3) is 28.1 Å². The van der Waals surface area contributed by atoms with Gasteiger partial charge >= 0.3 is 0 Å². The fraction of sp³-hybridized carbons (Fsp3) is 0.0455. The second kappa shape index (κ2) is 6.62. The third kappa shape index (κ3) is 2.68. The van der Waals surface area contributed by atoms with Crippen molar-refractivity contribution in [2.45, 2.75) is 6.54 Å². The first kappa shape index (κ1) is 16.7. The highest BCUT2D eigenvalue weighted by Crippen LogP contribution is 2.24. The maximum absolute atomic E-state index is 13.2. The van der Waals surface area contributed by atoms with E-state index in [4.69, 9.17) is 11.6 Å². The number of rotatable bonds is 3. The van der Waals surface area contributed by atoms with Crippen molar-refractivity contribution in [3.05, 3.63) is 99.8 Å². The molecule has 0 aliphatic carbocycles. The van der Waals surface area contributed by atoms with Crippen molar-refractivity contribution in [3.8, 4) is 11.4 Å². The van der Waals surface area contributed by atoms with E-state index in [0.717, 1.165) is 16.6 Å². The first-order valence-electron chi connectivity index (χ1n) is 8.89. The van der Waals surface area contributed by atoms with Crippen LogP contribution in [0.2, 0.25) is 5.02 Å². The molecule has 2 heterocycles. The van der Waals surface area contributed by atoms with E-state index in [2.05, 4.69) is 10.2 Å². The summed E-state index contributed by atoms with van der Waals surface area (Å²) in [4.78, 5) is 13.2. The molecule has 0 aliphatic rings. The standard InChI is InChI=1S/C22H15ClN4O/c23-17-12-10-16(11-13-17)20-24-25-22-26(14-15-6-2-1-3-7-15)21(28)18-8-4-5-9-19(18)27(20)22/h1-13H,14H2. The van der Waals surface area contributed by atoms with E-state index >= 15 is 0 Å². The van der Waals surface area contributed by atoms with Gasteiger partial charge in [-0.25, -0.2) is 0 Å². The van der Waals surface area contributed by atoms with Crippen molar-refractivity contribution in [1.82, 2.24) is 19.2 Å². The lowest BCUT2D eigenvalue weighted by molar-refractivity contribution is 0.767. The molecule has 0 radical (unpaired) electrons. The van der Waals surface area contributed by atoms with Crippen LogP contribution in [0.15, 0.2) is 83.7 Å². The Balaban J connectivity index is 1.84. The van der Waals surface area contributed by atoms with Crippen molar-refractivity contribution in [3.63, 3.8) is 0 Å². The van der Waals surface area contributed by atoms with E-state index in [1.165, 1.54) is 0 Å². The average molecular weight is 387 g/mol. The highest BCUT2D eigenvalue weighted by atomic mass is 35.5. The van der Waals surface area contributed by atoms with E-state index in [0.29, 0.717) is 28.6 Å². The van der Waals surface area contributed by atoms with Crippen LogP contribution in [-0.4, -0.2) is 19.2 Å². The number of para-hydroxylation sites is 1. The second-order valence-electron chi connectivity index (χ2n) is 6.56. The second-order valence-corrected chi connectivity index (χ2v) is 7.00. The molecule has 0 saturated heterocycles. The monoisotopic (exact) mass is 386 g/mol. The zero-order valence-corrected chi connectivity index (χ0v) is 15.5. The summed E-state index contributed by atoms with van der Waals surface area (Å²) in [6.07, 6.45) is 0. The summed E-state index contributed by atoms with van der Waals surface area (Å²) in [7, 11) is 0. The fourth-order valence-electron chi connectivity index (χ4n) is 3.45. The van der Waals surface area contributed by atoms with Crippen LogP contribution in [0.3, 0.4) is 0 Å². The largest absolute Gasteiger partial charge is 0.272 e. The minimum atomic E-state index is -0.0815. The highest BCUT2D eigenvalue weighted by molar-refractivity contribution is 6.30. The molecule has 6 heteroatoms. The topological polar surface area (TPSA) is 52.2 Å². The van der Waals surface area contributed by atoms with Crippen LogP contribution in [-0.2, 0) is 6.54 Å². The van der Waals surface area contributed by atoms with E-state index < -0.39 is 0 Å². The number of aromatic nitrogens is 4. The van der Waals surface area contributed by atoms with Gasteiger partial charge in [-0.05, 0) is 42.0 Å². The van der Waals surface area contributed by atoms with Gasteiger partial charge in [0.1, 0.15) is 0 Å². The van der Waals surface area contributed by atoms with Crippen LogP contribution in [0.4, 0.5) is 0 Å². The molecule has 0 fully saturated rings. The third-order valence-corrected chi connectivity index (χ3v) is 5.05. The van der Waals surface area contributed by atoms with Gasteiger partial charge in [-0.2, -0.15) is 0 Å². The van der Waals surface area contributed by atoms with Gasteiger partial charge < -0.3 is 0 Å². The van der Waals surface area contributed by atoms with E-state index in [1.54, 1.807) is 4.57 Å². The van der Waals surface area contributed by atoms with Crippen LogP contribution in [0, 0.1) is 0 Å².